The summed E-state index contributed by atoms with van der Waals surface area (Å²) in [5.41, 5.74) is 0.836. The lowest BCUT2D eigenvalue weighted by atomic mass is 10.1. The van der Waals surface area contributed by atoms with Gasteiger partial charge >= 0.3 is 0 Å². The number of amides is 2. The molecule has 0 spiro atoms. The van der Waals surface area contributed by atoms with Crippen molar-refractivity contribution >= 4 is 17.5 Å². The second-order valence-electron chi connectivity index (χ2n) is 5.11. The van der Waals surface area contributed by atoms with Crippen LogP contribution in [0.1, 0.15) is 10.4 Å². The highest BCUT2D eigenvalue weighted by atomic mass is 16.5. The van der Waals surface area contributed by atoms with E-state index in [0.717, 1.165) is 0 Å². The Morgan fingerprint density at radius 1 is 1.43 bits per heavy atom. The fourth-order valence-corrected chi connectivity index (χ4v) is 2.53. The summed E-state index contributed by atoms with van der Waals surface area (Å²) in [5, 5.41) is 12.5. The molecule has 2 N–H and O–H groups in total. The minimum absolute atomic E-state index is 0.115. The number of ether oxygens (including phenoxy) is 2. The van der Waals surface area contributed by atoms with Crippen molar-refractivity contribution in [3.63, 3.8) is 0 Å². The van der Waals surface area contributed by atoms with Gasteiger partial charge in [-0.3, -0.25) is 9.59 Å². The second kappa shape index (κ2) is 5.34. The number of nitrogens with one attached hydrogen (secondary N) is 1. The number of carbonyl (C=O) groups is 2. The van der Waals surface area contributed by atoms with Crippen LogP contribution in [0.5, 0.6) is 5.75 Å². The third-order valence-electron chi connectivity index (χ3n) is 3.71. The average Bonchev–Trinajstić information content (AvgIpc) is 2.91. The topological polar surface area (TPSA) is 88.1 Å². The number of benzene rings is 1. The molecule has 7 nitrogen and oxygen atoms in total. The van der Waals surface area contributed by atoms with Crippen molar-refractivity contribution in [3.05, 3.63) is 23.8 Å². The highest BCUT2D eigenvalue weighted by Crippen LogP contribution is 2.32. The predicted octanol–water partition coefficient (Wildman–Crippen LogP) is -0.151. The van der Waals surface area contributed by atoms with Gasteiger partial charge in [0, 0.05) is 7.05 Å². The van der Waals surface area contributed by atoms with Gasteiger partial charge in [-0.1, -0.05) is 6.07 Å². The number of hydrogen-bond acceptors (Lipinski definition) is 5. The molecule has 2 heterocycles. The number of anilines is 1. The van der Waals surface area contributed by atoms with Crippen molar-refractivity contribution < 1.29 is 24.2 Å². The van der Waals surface area contributed by atoms with E-state index in [1.54, 1.807) is 25.2 Å². The van der Waals surface area contributed by atoms with E-state index in [1.807, 2.05) is 0 Å². The van der Waals surface area contributed by atoms with Crippen LogP contribution in [0.25, 0.3) is 0 Å². The van der Waals surface area contributed by atoms with Crippen LogP contribution >= 0.6 is 0 Å². The number of aliphatic hydroxyl groups excluding tert-OH is 1. The minimum Gasteiger partial charge on any atom is -0.481 e. The summed E-state index contributed by atoms with van der Waals surface area (Å²) in [6.07, 6.45) is -0.695. The molecule has 0 aromatic heterocycles. The lowest BCUT2D eigenvalue weighted by molar-refractivity contribution is -0.118. The molecule has 1 aromatic carbocycles. The summed E-state index contributed by atoms with van der Waals surface area (Å²) in [5.74, 6) is -0.167. The summed E-state index contributed by atoms with van der Waals surface area (Å²) in [4.78, 5) is 25.4. The van der Waals surface area contributed by atoms with Gasteiger partial charge in [0.05, 0.1) is 36.6 Å². The number of carbonyl (C=O) groups excluding carboxylic acids is 2. The monoisotopic (exact) mass is 292 g/mol. The SMILES string of the molecule is CN(C(=O)c1cccc2c1OCC(=O)N2)[C@@H]1COC[C@H]1O. The van der Waals surface area contributed by atoms with Crippen LogP contribution in [0.15, 0.2) is 18.2 Å². The summed E-state index contributed by atoms with van der Waals surface area (Å²) >= 11 is 0. The Morgan fingerprint density at radius 2 is 2.24 bits per heavy atom. The zero-order valence-electron chi connectivity index (χ0n) is 11.5. The van der Waals surface area contributed by atoms with Gasteiger partial charge in [-0.15, -0.1) is 0 Å². The molecule has 1 aromatic rings. The van der Waals surface area contributed by atoms with Gasteiger partial charge in [-0.25, -0.2) is 0 Å². The van der Waals surface area contributed by atoms with Crippen LogP contribution in [-0.2, 0) is 9.53 Å². The van der Waals surface area contributed by atoms with Crippen LogP contribution in [0.2, 0.25) is 0 Å². The molecule has 0 radical (unpaired) electrons. The van der Waals surface area contributed by atoms with Crippen molar-refractivity contribution in [1.29, 1.82) is 0 Å². The predicted molar refractivity (Wildman–Crippen MR) is 73.3 cm³/mol. The maximum absolute atomic E-state index is 12.6. The van der Waals surface area contributed by atoms with Crippen LogP contribution < -0.4 is 10.1 Å². The molecule has 0 unspecified atom stereocenters. The first-order valence-electron chi connectivity index (χ1n) is 6.66. The van der Waals surface area contributed by atoms with E-state index in [0.29, 0.717) is 23.6 Å². The smallest absolute Gasteiger partial charge is 0.262 e. The number of likely N-dealkylation sites (N-methyl/N-ethyl adjacent to an activating group) is 1. The molecule has 1 saturated heterocycles. The molecule has 0 saturated carbocycles. The molecule has 112 valence electrons. The van der Waals surface area contributed by atoms with Gasteiger partial charge in [0.1, 0.15) is 0 Å². The molecule has 0 bridgehead atoms. The van der Waals surface area contributed by atoms with Crippen molar-refractivity contribution in [2.45, 2.75) is 12.1 Å². The van der Waals surface area contributed by atoms with Crippen LogP contribution in [-0.4, -0.2) is 60.8 Å². The van der Waals surface area contributed by atoms with E-state index in [1.165, 1.54) is 4.90 Å². The first-order chi connectivity index (χ1) is 10.1. The Bertz CT molecular complexity index is 589. The van der Waals surface area contributed by atoms with Gasteiger partial charge in [0.25, 0.3) is 11.8 Å². The van der Waals surface area contributed by atoms with E-state index in [-0.39, 0.29) is 31.1 Å². The van der Waals surface area contributed by atoms with Crippen molar-refractivity contribution in [1.82, 2.24) is 4.90 Å². The fraction of sp³-hybridized carbons (Fsp3) is 0.429. The highest BCUT2D eigenvalue weighted by molar-refractivity contribution is 6.03. The second-order valence-corrected chi connectivity index (χ2v) is 5.11. The molecule has 2 amide bonds. The first-order valence-corrected chi connectivity index (χ1v) is 6.66. The molecule has 2 atom stereocenters. The third-order valence-corrected chi connectivity index (χ3v) is 3.71. The van der Waals surface area contributed by atoms with E-state index < -0.39 is 6.10 Å². The first kappa shape index (κ1) is 13.8. The Labute approximate surface area is 121 Å². The van der Waals surface area contributed by atoms with Gasteiger partial charge in [0.2, 0.25) is 0 Å². The molecule has 3 rings (SSSR count). The van der Waals surface area contributed by atoms with Crippen LogP contribution in [0.4, 0.5) is 5.69 Å². The van der Waals surface area contributed by atoms with E-state index in [2.05, 4.69) is 5.32 Å². The lowest BCUT2D eigenvalue weighted by Gasteiger charge is -2.27. The van der Waals surface area contributed by atoms with E-state index in [4.69, 9.17) is 9.47 Å². The molecule has 2 aliphatic rings. The molecular weight excluding hydrogens is 276 g/mol. The number of para-hydroxylation sites is 1. The molecule has 21 heavy (non-hydrogen) atoms. The van der Waals surface area contributed by atoms with Gasteiger partial charge in [-0.05, 0) is 12.1 Å². The number of nitrogens with zero attached hydrogens (tertiary/aromatic N) is 1. The third kappa shape index (κ3) is 2.45. The Balaban J connectivity index is 1.88. The summed E-state index contributed by atoms with van der Waals surface area (Å²) in [7, 11) is 1.62. The number of rotatable bonds is 2. The summed E-state index contributed by atoms with van der Waals surface area (Å²) < 4.78 is 10.5. The Kier molecular flexibility index (Phi) is 3.52. The fourth-order valence-electron chi connectivity index (χ4n) is 2.53. The van der Waals surface area contributed by atoms with Gasteiger partial charge < -0.3 is 24.8 Å². The van der Waals surface area contributed by atoms with Gasteiger partial charge in [-0.2, -0.15) is 0 Å². The number of fused-ring (bicyclic) bond motifs is 1. The molecule has 0 aliphatic carbocycles. The quantitative estimate of drug-likeness (QED) is 0.791. The van der Waals surface area contributed by atoms with E-state index in [9.17, 15) is 14.7 Å². The van der Waals surface area contributed by atoms with Crippen LogP contribution in [0, 0.1) is 0 Å². The van der Waals surface area contributed by atoms with Crippen molar-refractivity contribution in [3.8, 4) is 5.75 Å². The number of hydrogen-bond donors (Lipinski definition) is 2. The zero-order chi connectivity index (χ0) is 15.0. The lowest BCUT2D eigenvalue weighted by Crippen LogP contribution is -2.44. The largest absolute Gasteiger partial charge is 0.481 e. The minimum atomic E-state index is -0.695. The standard InChI is InChI=1S/C14H16N2O5/c1-16(10-5-20-6-11(10)17)14(19)8-3-2-4-9-13(8)21-7-12(18)15-9/h2-4,10-11,17H,5-7H2,1H3,(H,15,18)/t10-,11-/m1/s1. The maximum atomic E-state index is 12.6. The van der Waals surface area contributed by atoms with Gasteiger partial charge in [0.15, 0.2) is 12.4 Å². The number of aliphatic hydroxyl groups is 1. The molecule has 1 fully saturated rings. The average molecular weight is 292 g/mol. The van der Waals surface area contributed by atoms with Crippen LogP contribution in [0.3, 0.4) is 0 Å². The molecular formula is C14H16N2O5. The normalized spacial score (nSPS) is 24.0. The maximum Gasteiger partial charge on any atom is 0.262 e. The zero-order valence-corrected chi connectivity index (χ0v) is 11.5. The summed E-state index contributed by atoms with van der Waals surface area (Å²) in [6, 6.07) is 4.61. The Hall–Kier alpha value is -2.12. The highest BCUT2D eigenvalue weighted by Gasteiger charge is 2.34. The molecule has 7 heteroatoms. The van der Waals surface area contributed by atoms with E-state index >= 15 is 0 Å². The molecule has 2 aliphatic heterocycles. The van der Waals surface area contributed by atoms with Crippen molar-refractivity contribution in [2.75, 3.05) is 32.2 Å². The summed E-state index contributed by atoms with van der Waals surface area (Å²) in [6.45, 7) is 0.411. The van der Waals surface area contributed by atoms with Crippen molar-refractivity contribution in [2.24, 2.45) is 0 Å². The Morgan fingerprint density at radius 3 is 2.95 bits per heavy atom.